The van der Waals surface area contributed by atoms with E-state index in [-0.39, 0.29) is 11.9 Å². The first kappa shape index (κ1) is 28.5. The summed E-state index contributed by atoms with van der Waals surface area (Å²) in [6, 6.07) is 12.0. The second kappa shape index (κ2) is 13.0. The summed E-state index contributed by atoms with van der Waals surface area (Å²) >= 11 is 1.54. The Kier molecular flexibility index (Phi) is 9.31. The molecule has 0 saturated carbocycles. The Bertz CT molecular complexity index is 1480. The lowest BCUT2D eigenvalue weighted by Crippen LogP contribution is -2.29. The Morgan fingerprint density at radius 1 is 1.10 bits per heavy atom. The van der Waals surface area contributed by atoms with Gasteiger partial charge in [0, 0.05) is 38.0 Å². The van der Waals surface area contributed by atoms with Crippen LogP contribution in [0.25, 0.3) is 11.1 Å². The zero-order valence-corrected chi connectivity index (χ0v) is 23.7. The number of carbonyl (C=O) groups excluding carboxylic acids is 1. The maximum absolute atomic E-state index is 14.5. The molecule has 0 aliphatic rings. The molecular weight excluding hydrogens is 529 g/mol. The SMILES string of the molecule is C=CC(=O)Nc1cc(Nc2ncc(-c3ccsc3)c(Nc3ccccc3F)n2)c(OC)cc1N(C)CCN(C)C. The van der Waals surface area contributed by atoms with Crippen molar-refractivity contribution >= 4 is 51.8 Å². The molecule has 0 bridgehead atoms. The maximum atomic E-state index is 14.5. The molecule has 0 radical (unpaired) electrons. The standard InChI is InChI=1S/C29H32FN7O2S/c1-6-27(38)32-23-15-24(26(39-5)16-25(23)37(4)13-12-36(2)3)34-29-31-17-20(19-11-14-40-18-19)28(35-29)33-22-10-8-7-9-21(22)30/h6-11,14-18H,1,12-13H2,2-5H3,(H,32,38)(H2,31,33,34,35). The van der Waals surface area contributed by atoms with Crippen LogP contribution in [0.1, 0.15) is 0 Å². The topological polar surface area (TPSA) is 94.6 Å². The van der Waals surface area contributed by atoms with Crippen molar-refractivity contribution in [2.45, 2.75) is 0 Å². The molecule has 0 saturated heterocycles. The minimum absolute atomic E-state index is 0.255. The van der Waals surface area contributed by atoms with Crippen LogP contribution in [0.5, 0.6) is 5.75 Å². The Morgan fingerprint density at radius 2 is 1.90 bits per heavy atom. The molecule has 11 heteroatoms. The summed E-state index contributed by atoms with van der Waals surface area (Å²) in [4.78, 5) is 25.6. The van der Waals surface area contributed by atoms with E-state index >= 15 is 0 Å². The van der Waals surface area contributed by atoms with E-state index < -0.39 is 5.82 Å². The van der Waals surface area contributed by atoms with Gasteiger partial charge in [-0.25, -0.2) is 9.37 Å². The number of nitrogens with one attached hydrogen (secondary N) is 3. The number of benzene rings is 2. The molecule has 0 aliphatic carbocycles. The molecule has 0 fully saturated rings. The lowest BCUT2D eigenvalue weighted by molar-refractivity contribution is -0.111. The first-order valence-electron chi connectivity index (χ1n) is 12.5. The van der Waals surface area contributed by atoms with Crippen molar-refractivity contribution in [2.75, 3.05) is 62.2 Å². The van der Waals surface area contributed by atoms with Crippen LogP contribution < -0.4 is 25.6 Å². The molecule has 0 spiro atoms. The lowest BCUT2D eigenvalue weighted by Gasteiger charge is -2.26. The zero-order valence-electron chi connectivity index (χ0n) is 22.9. The average Bonchev–Trinajstić information content (AvgIpc) is 3.48. The summed E-state index contributed by atoms with van der Waals surface area (Å²) in [6.45, 7) is 5.10. The summed E-state index contributed by atoms with van der Waals surface area (Å²) in [5, 5.41) is 13.1. The number of thiophene rings is 1. The third-order valence-corrected chi connectivity index (χ3v) is 6.73. The summed E-state index contributed by atoms with van der Waals surface area (Å²) in [6.07, 6.45) is 2.89. The third kappa shape index (κ3) is 6.93. The summed E-state index contributed by atoms with van der Waals surface area (Å²) in [7, 11) is 7.52. The Labute approximate surface area is 237 Å². The predicted molar refractivity (Wildman–Crippen MR) is 162 cm³/mol. The molecule has 40 heavy (non-hydrogen) atoms. The molecular formula is C29H32FN7O2S. The van der Waals surface area contributed by atoms with Crippen molar-refractivity contribution in [3.8, 4) is 16.9 Å². The number of hydrogen-bond acceptors (Lipinski definition) is 9. The maximum Gasteiger partial charge on any atom is 0.247 e. The highest BCUT2D eigenvalue weighted by Gasteiger charge is 2.18. The van der Waals surface area contributed by atoms with Crippen LogP contribution in [-0.4, -0.2) is 62.1 Å². The zero-order chi connectivity index (χ0) is 28.6. The van der Waals surface area contributed by atoms with E-state index in [0.717, 1.165) is 29.9 Å². The van der Waals surface area contributed by atoms with E-state index in [1.807, 2.05) is 48.9 Å². The quantitative estimate of drug-likeness (QED) is 0.182. The van der Waals surface area contributed by atoms with Gasteiger partial charge in [-0.15, -0.1) is 0 Å². The molecule has 2 aromatic carbocycles. The number of anilines is 6. The molecule has 2 heterocycles. The predicted octanol–water partition coefficient (Wildman–Crippen LogP) is 5.96. The van der Waals surface area contributed by atoms with E-state index in [0.29, 0.717) is 28.6 Å². The number of amides is 1. The van der Waals surface area contributed by atoms with E-state index in [2.05, 4.69) is 37.4 Å². The summed E-state index contributed by atoms with van der Waals surface area (Å²) in [5.74, 6) is 0.472. The number of para-hydroxylation sites is 1. The number of methoxy groups -OCH3 is 1. The molecule has 2 aromatic heterocycles. The van der Waals surface area contributed by atoms with Gasteiger partial charge >= 0.3 is 0 Å². The van der Waals surface area contributed by atoms with Gasteiger partial charge in [-0.2, -0.15) is 16.3 Å². The highest BCUT2D eigenvalue weighted by molar-refractivity contribution is 7.08. The van der Waals surface area contributed by atoms with E-state index in [9.17, 15) is 9.18 Å². The Hall–Kier alpha value is -4.48. The molecule has 4 aromatic rings. The minimum atomic E-state index is -0.398. The summed E-state index contributed by atoms with van der Waals surface area (Å²) < 4.78 is 20.2. The monoisotopic (exact) mass is 561 g/mol. The van der Waals surface area contributed by atoms with Gasteiger partial charge < -0.3 is 30.5 Å². The fourth-order valence-corrected chi connectivity index (χ4v) is 4.54. The molecule has 1 amide bonds. The fraction of sp³-hybridized carbons (Fsp3) is 0.207. The van der Waals surface area contributed by atoms with E-state index in [1.165, 1.54) is 12.1 Å². The van der Waals surface area contributed by atoms with E-state index in [4.69, 9.17) is 4.74 Å². The van der Waals surface area contributed by atoms with Crippen molar-refractivity contribution in [3.63, 3.8) is 0 Å². The summed E-state index contributed by atoms with van der Waals surface area (Å²) in [5.41, 5.74) is 3.79. The number of likely N-dealkylation sites (N-methyl/N-ethyl adjacent to an activating group) is 2. The van der Waals surface area contributed by atoms with Crippen LogP contribution in [0.2, 0.25) is 0 Å². The molecule has 4 rings (SSSR count). The van der Waals surface area contributed by atoms with Crippen molar-refractivity contribution in [1.29, 1.82) is 0 Å². The van der Waals surface area contributed by atoms with Gasteiger partial charge in [0.2, 0.25) is 11.9 Å². The first-order valence-corrected chi connectivity index (χ1v) is 13.4. The van der Waals surface area contributed by atoms with Gasteiger partial charge in [0.25, 0.3) is 0 Å². The minimum Gasteiger partial charge on any atom is -0.494 e. The van der Waals surface area contributed by atoms with Crippen LogP contribution in [-0.2, 0) is 4.79 Å². The fourth-order valence-electron chi connectivity index (χ4n) is 3.88. The molecule has 0 unspecified atom stereocenters. The number of ether oxygens (including phenoxy) is 1. The van der Waals surface area contributed by atoms with Crippen LogP contribution in [0.4, 0.5) is 38.9 Å². The highest BCUT2D eigenvalue weighted by atomic mass is 32.1. The van der Waals surface area contributed by atoms with Gasteiger partial charge in [0.1, 0.15) is 17.4 Å². The smallest absolute Gasteiger partial charge is 0.247 e. The Morgan fingerprint density at radius 3 is 2.58 bits per heavy atom. The number of carbonyl (C=O) groups is 1. The van der Waals surface area contributed by atoms with Crippen molar-refractivity contribution in [3.05, 3.63) is 77.9 Å². The van der Waals surface area contributed by atoms with Crippen molar-refractivity contribution in [1.82, 2.24) is 14.9 Å². The largest absolute Gasteiger partial charge is 0.494 e. The highest BCUT2D eigenvalue weighted by Crippen LogP contribution is 2.39. The van der Waals surface area contributed by atoms with Crippen LogP contribution >= 0.6 is 11.3 Å². The van der Waals surface area contributed by atoms with Crippen molar-refractivity contribution < 1.29 is 13.9 Å². The van der Waals surface area contributed by atoms with Crippen LogP contribution in [0.15, 0.2) is 72.1 Å². The third-order valence-electron chi connectivity index (χ3n) is 6.05. The molecule has 0 aliphatic heterocycles. The normalized spacial score (nSPS) is 10.8. The lowest BCUT2D eigenvalue weighted by atomic mass is 10.1. The van der Waals surface area contributed by atoms with Crippen LogP contribution in [0, 0.1) is 5.82 Å². The second-order valence-corrected chi connectivity index (χ2v) is 9.97. The Balaban J connectivity index is 1.73. The number of nitrogens with zero attached hydrogens (tertiary/aromatic N) is 4. The number of halogens is 1. The van der Waals surface area contributed by atoms with Gasteiger partial charge in [-0.1, -0.05) is 18.7 Å². The number of hydrogen-bond donors (Lipinski definition) is 3. The average molecular weight is 562 g/mol. The molecule has 9 nitrogen and oxygen atoms in total. The number of aromatic nitrogens is 2. The van der Waals surface area contributed by atoms with Gasteiger partial charge in [-0.3, -0.25) is 4.79 Å². The van der Waals surface area contributed by atoms with E-state index in [1.54, 1.807) is 48.9 Å². The van der Waals surface area contributed by atoms with Crippen molar-refractivity contribution in [2.24, 2.45) is 0 Å². The van der Waals surface area contributed by atoms with Gasteiger partial charge in [0.05, 0.1) is 29.9 Å². The van der Waals surface area contributed by atoms with Gasteiger partial charge in [0.15, 0.2) is 0 Å². The second-order valence-electron chi connectivity index (χ2n) is 9.19. The molecule has 0 atom stereocenters. The van der Waals surface area contributed by atoms with Gasteiger partial charge in [-0.05, 0) is 60.8 Å². The molecule has 3 N–H and O–H groups in total. The molecule has 208 valence electrons. The van der Waals surface area contributed by atoms with Crippen LogP contribution in [0.3, 0.4) is 0 Å². The first-order chi connectivity index (χ1) is 19.3. The number of rotatable bonds is 12.